The van der Waals surface area contributed by atoms with E-state index < -0.39 is 20.0 Å². The van der Waals surface area contributed by atoms with Crippen molar-refractivity contribution >= 4 is 74.0 Å². The summed E-state index contributed by atoms with van der Waals surface area (Å²) in [5.41, 5.74) is 3.20. The van der Waals surface area contributed by atoms with Crippen LogP contribution in [0.1, 0.15) is 37.7 Å². The molecule has 0 spiro atoms. The quantitative estimate of drug-likeness (QED) is 0.166. The first-order valence-corrected chi connectivity index (χ1v) is 18.5. The van der Waals surface area contributed by atoms with Crippen LogP contribution in [0.3, 0.4) is 0 Å². The van der Waals surface area contributed by atoms with Gasteiger partial charge in [0.15, 0.2) is 11.3 Å². The maximum Gasteiger partial charge on any atom is 0.269 e. The molecule has 4 heterocycles. The van der Waals surface area contributed by atoms with E-state index in [1.807, 2.05) is 48.5 Å². The van der Waals surface area contributed by atoms with E-state index in [9.17, 15) is 16.8 Å². The van der Waals surface area contributed by atoms with Gasteiger partial charge in [-0.15, -0.1) is 0 Å². The summed E-state index contributed by atoms with van der Waals surface area (Å²) >= 11 is 6.92. The highest BCUT2D eigenvalue weighted by Crippen LogP contribution is 2.31. The molecule has 4 aromatic heterocycles. The number of fused-ring (bicyclic) bond motifs is 2. The first-order chi connectivity index (χ1) is 29.1. The second-order valence-corrected chi connectivity index (χ2v) is 15.6. The summed E-state index contributed by atoms with van der Waals surface area (Å²) in [7, 11) is -7.39. The Morgan fingerprint density at radius 2 is 1.07 bits per heavy atom. The predicted molar refractivity (Wildman–Crippen MR) is 202 cm³/mol. The maximum absolute atomic E-state index is 13.3. The average molecular weight is 807 g/mol. The lowest BCUT2D eigenvalue weighted by atomic mass is 10.1. The van der Waals surface area contributed by atoms with E-state index in [4.69, 9.17) is 20.8 Å². The number of pyridine rings is 2. The SMILES string of the molecule is Cc1cc2c(Br)ccnc2n1S(=O)(=O)c1ccccc1.O=S(=O)(c1ccccc1)n1c(Cc2ccccc2)cc2c(Br)ccnc21.[2H][2H].[2H][2H].[2H][2H].[2H][2H].[2H][2H].[2H][2H].[2H][2H]. The minimum absolute atomic E-state index is 0.244. The van der Waals surface area contributed by atoms with Crippen LogP contribution in [-0.2, 0) is 26.5 Å². The summed E-state index contributed by atoms with van der Waals surface area (Å²) in [5, 5.41) is 1.56. The van der Waals surface area contributed by atoms with Crippen LogP contribution in [0.15, 0.2) is 146 Å². The van der Waals surface area contributed by atoms with E-state index in [2.05, 4.69) is 41.8 Å². The summed E-state index contributed by atoms with van der Waals surface area (Å²) in [6, 6.07) is 33.9. The Kier molecular flexibility index (Phi) is 6.79. The lowest BCUT2D eigenvalue weighted by Gasteiger charge is -2.11. The third-order valence-corrected chi connectivity index (χ3v) is 12.2. The number of hydrogen-bond donors (Lipinski definition) is 0. The zero-order valence-electron chi connectivity index (χ0n) is 38.3. The lowest BCUT2D eigenvalue weighted by molar-refractivity contribution is 0.585. The fourth-order valence-electron chi connectivity index (χ4n) is 5.16. The number of benzene rings is 3. The van der Waals surface area contributed by atoms with Gasteiger partial charge in [0, 0.05) is 70.7 Å². The van der Waals surface area contributed by atoms with Crippen molar-refractivity contribution < 1.29 is 37.6 Å². The van der Waals surface area contributed by atoms with E-state index in [0.717, 1.165) is 25.3 Å². The molecule has 0 radical (unpaired) electrons. The van der Waals surface area contributed by atoms with Gasteiger partial charge >= 0.3 is 0 Å². The number of aryl methyl sites for hydroxylation is 1. The third kappa shape index (κ3) is 6.05. The van der Waals surface area contributed by atoms with Gasteiger partial charge in [0.1, 0.15) is 0 Å². The van der Waals surface area contributed by atoms with Crippen molar-refractivity contribution in [3.8, 4) is 0 Å². The van der Waals surface area contributed by atoms with Crippen LogP contribution in [-0.4, -0.2) is 34.7 Å². The van der Waals surface area contributed by atoms with Crippen molar-refractivity contribution in [1.82, 2.24) is 17.9 Å². The Morgan fingerprint density at radius 1 is 0.630 bits per heavy atom. The summed E-state index contributed by atoms with van der Waals surface area (Å²) in [5.74, 6) is 0. The number of hydrogen-bond acceptors (Lipinski definition) is 6. The van der Waals surface area contributed by atoms with Crippen LogP contribution in [0.2, 0.25) is 0 Å². The molecule has 0 aliphatic rings. The molecule has 0 saturated heterocycles. The minimum Gasteiger partial charge on any atom is -0.237 e. The number of rotatable bonds is 6. The van der Waals surface area contributed by atoms with E-state index in [0.29, 0.717) is 29.1 Å². The molecular formula is C34H40Br2N4O4S2. The van der Waals surface area contributed by atoms with Gasteiger partial charge in [-0.25, -0.2) is 34.7 Å². The number of nitrogens with zero attached hydrogens (tertiary/aromatic N) is 4. The molecule has 0 saturated carbocycles. The summed E-state index contributed by atoms with van der Waals surface area (Å²) < 4.78 is 126. The van der Waals surface area contributed by atoms with Gasteiger partial charge in [-0.1, -0.05) is 66.7 Å². The molecular weight excluding hydrogens is 752 g/mol. The van der Waals surface area contributed by atoms with Crippen molar-refractivity contribution in [3.05, 3.63) is 154 Å². The third-order valence-electron chi connectivity index (χ3n) is 7.25. The standard InChI is InChI=1S/C20H15BrN2O2S.C14H11BrN2O2S.7H2/c21-19-11-12-22-20-18(19)14-16(13-15-7-3-1-4-8-15)23(20)26(24,25)17-9-5-2-6-10-17;1-10-9-12-13(15)7-8-16-14(12)17(10)20(18,19)11-5-3-2-4-6-11;;;;;;;/h1-12,14H,13H2;2-9H,1H3;7*1H/i;;7*1+1D. The Bertz CT molecular complexity index is 2440. The molecule has 0 unspecified atom stereocenters. The van der Waals surface area contributed by atoms with Crippen LogP contribution in [0.4, 0.5) is 0 Å². The number of aromatic nitrogens is 4. The van der Waals surface area contributed by atoms with E-state index in [1.54, 1.807) is 86.0 Å². The first-order valence-electron chi connectivity index (χ1n) is 21.0. The molecule has 0 aliphatic heterocycles. The molecule has 0 fully saturated rings. The van der Waals surface area contributed by atoms with Crippen LogP contribution in [0, 0.1) is 6.92 Å². The zero-order valence-corrected chi connectivity index (χ0v) is 29.1. The van der Waals surface area contributed by atoms with Gasteiger partial charge in [0.05, 0.1) is 9.79 Å². The van der Waals surface area contributed by atoms with Gasteiger partial charge in [0.2, 0.25) is 0 Å². The summed E-state index contributed by atoms with van der Waals surface area (Å²) in [6.45, 7) is 1.76. The summed E-state index contributed by atoms with van der Waals surface area (Å²) in [6.07, 6.45) is 3.69. The Hall–Kier alpha value is -4.10. The molecule has 12 heteroatoms. The molecule has 246 valence electrons. The maximum atomic E-state index is 13.3. The first kappa shape index (κ1) is 24.1. The fraction of sp³-hybridized carbons (Fsp3) is 0.0588. The van der Waals surface area contributed by atoms with Crippen molar-refractivity contribution in [3.63, 3.8) is 0 Å². The van der Waals surface area contributed by atoms with E-state index in [-0.39, 0.29) is 9.79 Å². The fourth-order valence-corrected chi connectivity index (χ4v) is 9.01. The Morgan fingerprint density at radius 3 is 1.59 bits per heavy atom. The highest BCUT2D eigenvalue weighted by molar-refractivity contribution is 9.11. The van der Waals surface area contributed by atoms with Crippen molar-refractivity contribution in [2.75, 3.05) is 0 Å². The molecule has 0 aliphatic carbocycles. The highest BCUT2D eigenvalue weighted by atomic mass is 79.9. The van der Waals surface area contributed by atoms with Gasteiger partial charge in [-0.3, -0.25) is 0 Å². The van der Waals surface area contributed by atoms with E-state index >= 15 is 0 Å². The van der Waals surface area contributed by atoms with Gasteiger partial charge in [-0.05, 0) is 92.9 Å². The van der Waals surface area contributed by atoms with Crippen LogP contribution in [0.5, 0.6) is 0 Å². The van der Waals surface area contributed by atoms with Crippen LogP contribution < -0.4 is 0 Å². The monoisotopic (exact) mass is 804 g/mol. The average Bonchev–Trinajstić information content (AvgIpc) is 3.88. The topological polar surface area (TPSA) is 104 Å². The van der Waals surface area contributed by atoms with Gasteiger partial charge in [-0.2, -0.15) is 0 Å². The molecule has 3 aromatic carbocycles. The van der Waals surface area contributed by atoms with Crippen molar-refractivity contribution in [1.29, 1.82) is 0 Å². The zero-order chi connectivity index (χ0) is 46.5. The van der Waals surface area contributed by atoms with Crippen molar-refractivity contribution in [2.45, 2.75) is 23.1 Å². The highest BCUT2D eigenvalue weighted by Gasteiger charge is 2.25. The Labute approximate surface area is 305 Å². The molecule has 0 bridgehead atoms. The lowest BCUT2D eigenvalue weighted by Crippen LogP contribution is -2.16. The molecule has 0 atom stereocenters. The van der Waals surface area contributed by atoms with Gasteiger partial charge < -0.3 is 0 Å². The molecule has 8 nitrogen and oxygen atoms in total. The minimum atomic E-state index is -3.76. The largest absolute Gasteiger partial charge is 0.269 e. The normalized spacial score (nSPS) is 13.0. The van der Waals surface area contributed by atoms with Crippen molar-refractivity contribution in [2.24, 2.45) is 0 Å². The van der Waals surface area contributed by atoms with Gasteiger partial charge in [0.25, 0.3) is 20.0 Å². The second-order valence-electron chi connectivity index (χ2n) is 10.3. The smallest absolute Gasteiger partial charge is 0.237 e. The van der Waals surface area contributed by atoms with Crippen LogP contribution in [0.25, 0.3) is 22.1 Å². The molecule has 7 rings (SSSR count). The summed E-state index contributed by atoms with van der Waals surface area (Å²) in [4.78, 5) is 9.05. The number of halogens is 2. The van der Waals surface area contributed by atoms with Crippen LogP contribution >= 0.6 is 31.9 Å². The molecule has 0 amide bonds. The Balaban J connectivity index is 0. The molecule has 0 N–H and O–H groups in total. The molecule has 46 heavy (non-hydrogen) atoms. The van der Waals surface area contributed by atoms with E-state index in [1.165, 1.54) is 7.94 Å². The predicted octanol–water partition coefficient (Wildman–Crippen LogP) is 9.69. The molecule has 7 aromatic rings. The second kappa shape index (κ2) is 13.0.